The number of alkyl halides is 3. The highest BCUT2D eigenvalue weighted by Crippen LogP contribution is 2.40. The van der Waals surface area contributed by atoms with Crippen molar-refractivity contribution >= 4 is 11.0 Å². The number of fused-ring (bicyclic) bond motifs is 1. The molecule has 24 heavy (non-hydrogen) atoms. The van der Waals surface area contributed by atoms with Crippen LogP contribution in [0.4, 0.5) is 13.2 Å². The molecule has 0 N–H and O–H groups in total. The number of hydrogen-bond acceptors (Lipinski definition) is 3. The monoisotopic (exact) mass is 329 g/mol. The SMILES string of the molecule is FC(F)(F)c1oc(-c2cc3ccccc3o2)nc1-c1ccccc1. The van der Waals surface area contributed by atoms with Crippen LogP contribution in [0.1, 0.15) is 5.76 Å². The number of nitrogens with zero attached hydrogens (tertiary/aromatic N) is 1. The van der Waals surface area contributed by atoms with Crippen LogP contribution in [0.5, 0.6) is 0 Å². The maximum absolute atomic E-state index is 13.3. The molecular weight excluding hydrogens is 319 g/mol. The Morgan fingerprint density at radius 1 is 0.833 bits per heavy atom. The fourth-order valence-electron chi connectivity index (χ4n) is 2.50. The Bertz CT molecular complexity index is 967. The molecule has 0 atom stereocenters. The standard InChI is InChI=1S/C18H10F3NO2/c19-18(20,21)16-15(11-6-2-1-3-7-11)22-17(24-16)14-10-12-8-4-5-9-13(12)23-14/h1-10H. The summed E-state index contributed by atoms with van der Waals surface area (Å²) in [4.78, 5) is 4.03. The van der Waals surface area contributed by atoms with Crippen LogP contribution in [-0.4, -0.2) is 4.98 Å². The molecule has 0 aliphatic carbocycles. The van der Waals surface area contributed by atoms with Crippen LogP contribution < -0.4 is 0 Å². The highest BCUT2D eigenvalue weighted by atomic mass is 19.4. The molecule has 3 nitrogen and oxygen atoms in total. The van der Waals surface area contributed by atoms with Gasteiger partial charge in [-0.2, -0.15) is 13.2 Å². The van der Waals surface area contributed by atoms with Gasteiger partial charge in [0, 0.05) is 10.9 Å². The van der Waals surface area contributed by atoms with Gasteiger partial charge in [0.25, 0.3) is 5.89 Å². The molecule has 2 aromatic heterocycles. The molecule has 0 unspecified atom stereocenters. The zero-order chi connectivity index (χ0) is 16.7. The lowest BCUT2D eigenvalue weighted by Gasteiger charge is -2.04. The summed E-state index contributed by atoms with van der Waals surface area (Å²) in [7, 11) is 0. The highest BCUT2D eigenvalue weighted by Gasteiger charge is 2.40. The summed E-state index contributed by atoms with van der Waals surface area (Å²) in [6.45, 7) is 0. The van der Waals surface area contributed by atoms with E-state index in [1.165, 1.54) is 0 Å². The van der Waals surface area contributed by atoms with Crippen LogP contribution in [-0.2, 0) is 6.18 Å². The predicted molar refractivity (Wildman–Crippen MR) is 82.1 cm³/mol. The van der Waals surface area contributed by atoms with Gasteiger partial charge in [0.2, 0.25) is 5.76 Å². The van der Waals surface area contributed by atoms with E-state index in [4.69, 9.17) is 8.83 Å². The molecule has 0 radical (unpaired) electrons. The molecular formula is C18H10F3NO2. The summed E-state index contributed by atoms with van der Waals surface area (Å²) in [5.74, 6) is -1.18. The molecule has 0 fully saturated rings. The largest absolute Gasteiger partial charge is 0.451 e. The fourth-order valence-corrected chi connectivity index (χ4v) is 2.50. The van der Waals surface area contributed by atoms with E-state index in [1.54, 1.807) is 54.6 Å². The average molecular weight is 329 g/mol. The molecule has 0 saturated heterocycles. The van der Waals surface area contributed by atoms with E-state index >= 15 is 0 Å². The molecule has 6 heteroatoms. The van der Waals surface area contributed by atoms with Crippen molar-refractivity contribution in [1.82, 2.24) is 4.98 Å². The first kappa shape index (κ1) is 14.6. The molecule has 2 aromatic carbocycles. The minimum absolute atomic E-state index is 0.156. The van der Waals surface area contributed by atoms with Crippen molar-refractivity contribution in [2.24, 2.45) is 0 Å². The third-order valence-corrected chi connectivity index (χ3v) is 3.57. The lowest BCUT2D eigenvalue weighted by Crippen LogP contribution is -2.05. The quantitative estimate of drug-likeness (QED) is 0.468. The Balaban J connectivity index is 1.89. The van der Waals surface area contributed by atoms with Crippen molar-refractivity contribution in [3.8, 4) is 22.9 Å². The number of hydrogen-bond donors (Lipinski definition) is 0. The Morgan fingerprint density at radius 2 is 1.54 bits per heavy atom. The fraction of sp³-hybridized carbons (Fsp3) is 0.0556. The molecule has 0 spiro atoms. The zero-order valence-electron chi connectivity index (χ0n) is 12.2. The summed E-state index contributed by atoms with van der Waals surface area (Å²) in [5.41, 5.74) is 0.634. The van der Waals surface area contributed by atoms with Gasteiger partial charge in [-0.3, -0.25) is 0 Å². The maximum Gasteiger partial charge on any atom is 0.451 e. The lowest BCUT2D eigenvalue weighted by atomic mass is 10.1. The highest BCUT2D eigenvalue weighted by molar-refractivity contribution is 5.81. The Hall–Kier alpha value is -3.02. The Labute approximate surface area is 134 Å². The van der Waals surface area contributed by atoms with Gasteiger partial charge in [-0.05, 0) is 12.1 Å². The number of benzene rings is 2. The van der Waals surface area contributed by atoms with Gasteiger partial charge in [0.1, 0.15) is 11.3 Å². The van der Waals surface area contributed by atoms with Crippen LogP contribution in [0.2, 0.25) is 0 Å². The van der Waals surface area contributed by atoms with Crippen molar-refractivity contribution in [2.75, 3.05) is 0 Å². The van der Waals surface area contributed by atoms with Gasteiger partial charge >= 0.3 is 6.18 Å². The van der Waals surface area contributed by atoms with Gasteiger partial charge < -0.3 is 8.83 Å². The smallest absolute Gasteiger partial charge is 0.451 e. The molecule has 4 aromatic rings. The van der Waals surface area contributed by atoms with Gasteiger partial charge in [-0.1, -0.05) is 48.5 Å². The van der Waals surface area contributed by atoms with E-state index in [2.05, 4.69) is 4.98 Å². The van der Waals surface area contributed by atoms with Crippen LogP contribution in [0, 0.1) is 0 Å². The molecule has 4 rings (SSSR count). The second kappa shape index (κ2) is 5.26. The molecule has 0 bridgehead atoms. The maximum atomic E-state index is 13.3. The number of rotatable bonds is 2. The molecule has 120 valence electrons. The van der Waals surface area contributed by atoms with Gasteiger partial charge in [-0.15, -0.1) is 0 Å². The normalized spacial score (nSPS) is 12.0. The Kier molecular flexibility index (Phi) is 3.19. The van der Waals surface area contributed by atoms with Crippen molar-refractivity contribution in [2.45, 2.75) is 6.18 Å². The number of halogens is 3. The van der Waals surface area contributed by atoms with E-state index in [0.717, 1.165) is 5.39 Å². The topological polar surface area (TPSA) is 39.2 Å². The van der Waals surface area contributed by atoms with E-state index in [0.29, 0.717) is 11.1 Å². The van der Waals surface area contributed by atoms with Crippen molar-refractivity contribution in [3.05, 3.63) is 66.4 Å². The first-order chi connectivity index (χ1) is 11.5. The summed E-state index contributed by atoms with van der Waals surface area (Å²) in [5, 5.41) is 0.764. The van der Waals surface area contributed by atoms with E-state index in [-0.39, 0.29) is 17.3 Å². The van der Waals surface area contributed by atoms with Gasteiger partial charge in [-0.25, -0.2) is 4.98 Å². The van der Waals surface area contributed by atoms with Crippen molar-refractivity contribution in [3.63, 3.8) is 0 Å². The first-order valence-corrected chi connectivity index (χ1v) is 7.15. The minimum atomic E-state index is -4.65. The molecule has 0 aliphatic heterocycles. The van der Waals surface area contributed by atoms with E-state index < -0.39 is 11.9 Å². The van der Waals surface area contributed by atoms with Crippen LogP contribution in [0.25, 0.3) is 33.9 Å². The number of oxazole rings is 1. The second-order valence-electron chi connectivity index (χ2n) is 5.21. The summed E-state index contributed by atoms with van der Waals surface area (Å²) >= 11 is 0. The summed E-state index contributed by atoms with van der Waals surface area (Å²) in [6.07, 6.45) is -4.65. The first-order valence-electron chi connectivity index (χ1n) is 7.15. The second-order valence-corrected chi connectivity index (χ2v) is 5.21. The minimum Gasteiger partial charge on any atom is -0.451 e. The molecule has 2 heterocycles. The van der Waals surface area contributed by atoms with Crippen LogP contribution >= 0.6 is 0 Å². The number of furan rings is 1. The van der Waals surface area contributed by atoms with Crippen LogP contribution in [0.15, 0.2) is 69.5 Å². The van der Waals surface area contributed by atoms with Crippen molar-refractivity contribution < 1.29 is 22.0 Å². The van der Waals surface area contributed by atoms with Gasteiger partial charge in [0.15, 0.2) is 5.76 Å². The molecule has 0 aliphatic rings. The number of aromatic nitrogens is 1. The van der Waals surface area contributed by atoms with E-state index in [9.17, 15) is 13.2 Å². The summed E-state index contributed by atoms with van der Waals surface area (Å²) < 4.78 is 50.5. The lowest BCUT2D eigenvalue weighted by molar-refractivity contribution is -0.152. The van der Waals surface area contributed by atoms with E-state index in [1.807, 2.05) is 6.07 Å². The average Bonchev–Trinajstić information content (AvgIpc) is 3.19. The summed E-state index contributed by atoms with van der Waals surface area (Å²) in [6, 6.07) is 16.8. The van der Waals surface area contributed by atoms with Gasteiger partial charge in [0.05, 0.1) is 0 Å². The number of para-hydroxylation sites is 1. The zero-order valence-corrected chi connectivity index (χ0v) is 12.2. The predicted octanol–water partition coefficient (Wildman–Crippen LogP) is 5.77. The Morgan fingerprint density at radius 3 is 2.25 bits per heavy atom. The third kappa shape index (κ3) is 2.46. The third-order valence-electron chi connectivity index (χ3n) is 3.57. The molecule has 0 saturated carbocycles. The van der Waals surface area contributed by atoms with Crippen LogP contribution in [0.3, 0.4) is 0 Å². The molecule has 0 amide bonds. The van der Waals surface area contributed by atoms with Crippen molar-refractivity contribution in [1.29, 1.82) is 0 Å².